The highest BCUT2D eigenvalue weighted by atomic mass is 79.9. The molecule has 2 heterocycles. The summed E-state index contributed by atoms with van der Waals surface area (Å²) < 4.78 is 7.98. The zero-order valence-electron chi connectivity index (χ0n) is 17.9. The number of rotatable bonds is 8. The van der Waals surface area contributed by atoms with Crippen molar-refractivity contribution in [2.24, 2.45) is 5.92 Å². The minimum atomic E-state index is -0.295. The number of fused-ring (bicyclic) bond motifs is 1. The molecule has 1 atom stereocenters. The van der Waals surface area contributed by atoms with E-state index in [1.165, 1.54) is 11.8 Å². The van der Waals surface area contributed by atoms with Crippen LogP contribution in [0.15, 0.2) is 32.6 Å². The van der Waals surface area contributed by atoms with Crippen molar-refractivity contribution in [1.82, 2.24) is 14.5 Å². The van der Waals surface area contributed by atoms with Gasteiger partial charge in [0.1, 0.15) is 0 Å². The molecule has 0 bridgehead atoms. The van der Waals surface area contributed by atoms with Crippen LogP contribution >= 0.6 is 27.7 Å². The number of nitrogens with zero attached hydrogens (tertiary/aromatic N) is 3. The minimum absolute atomic E-state index is 0.0771. The van der Waals surface area contributed by atoms with Crippen LogP contribution in [0.5, 0.6) is 0 Å². The average Bonchev–Trinajstić information content (AvgIpc) is 2.73. The number of hydrogen-bond donors (Lipinski definition) is 0. The largest absolute Gasteiger partial charge is 0.382 e. The number of ether oxygens (including phenoxy) is 1. The zero-order chi connectivity index (χ0) is 21.7. The Morgan fingerprint density at radius 1 is 1.37 bits per heavy atom. The van der Waals surface area contributed by atoms with Gasteiger partial charge in [-0.3, -0.25) is 14.2 Å². The van der Waals surface area contributed by atoms with Gasteiger partial charge in [-0.25, -0.2) is 4.98 Å². The number of likely N-dealkylation sites (tertiary alicyclic amines) is 1. The molecule has 0 spiro atoms. The fraction of sp³-hybridized carbons (Fsp3) is 0.591. The van der Waals surface area contributed by atoms with Gasteiger partial charge in [-0.1, -0.05) is 34.6 Å². The number of aromatic nitrogens is 2. The van der Waals surface area contributed by atoms with Gasteiger partial charge in [0.25, 0.3) is 5.56 Å². The maximum atomic E-state index is 13.2. The molecule has 1 saturated heterocycles. The van der Waals surface area contributed by atoms with Gasteiger partial charge in [0.15, 0.2) is 5.16 Å². The molecule has 1 aromatic heterocycles. The zero-order valence-corrected chi connectivity index (χ0v) is 20.3. The number of carbonyl (C=O) groups is 1. The summed E-state index contributed by atoms with van der Waals surface area (Å²) in [6.07, 6.45) is 2.82. The summed E-state index contributed by atoms with van der Waals surface area (Å²) in [5.41, 5.74) is 0.574. The highest BCUT2D eigenvalue weighted by molar-refractivity contribution is 9.10. The van der Waals surface area contributed by atoms with E-state index >= 15 is 0 Å². The molecule has 1 aliphatic heterocycles. The van der Waals surface area contributed by atoms with Crippen LogP contribution in [0.1, 0.15) is 40.0 Å². The fourth-order valence-electron chi connectivity index (χ4n) is 3.62. The van der Waals surface area contributed by atoms with Gasteiger partial charge in [0.05, 0.1) is 16.2 Å². The first-order chi connectivity index (χ1) is 14.4. The fourth-order valence-corrected chi connectivity index (χ4v) is 5.00. The van der Waals surface area contributed by atoms with Crippen molar-refractivity contribution in [2.75, 3.05) is 26.3 Å². The Balaban J connectivity index is 1.85. The Morgan fingerprint density at radius 2 is 2.10 bits per heavy atom. The van der Waals surface area contributed by atoms with Crippen molar-refractivity contribution in [1.29, 1.82) is 0 Å². The van der Waals surface area contributed by atoms with Crippen LogP contribution < -0.4 is 5.56 Å². The Morgan fingerprint density at radius 3 is 2.80 bits per heavy atom. The molecule has 0 saturated carbocycles. The van der Waals surface area contributed by atoms with Crippen LogP contribution in [-0.2, 0) is 16.1 Å². The van der Waals surface area contributed by atoms with E-state index < -0.39 is 0 Å². The van der Waals surface area contributed by atoms with E-state index in [-0.39, 0.29) is 16.7 Å². The molecule has 8 heteroatoms. The van der Waals surface area contributed by atoms with Crippen molar-refractivity contribution in [3.05, 3.63) is 33.0 Å². The second-order valence-corrected chi connectivity index (χ2v) is 10.1. The normalized spacial score (nSPS) is 16.2. The van der Waals surface area contributed by atoms with Crippen molar-refractivity contribution in [3.8, 4) is 0 Å². The van der Waals surface area contributed by atoms with Gasteiger partial charge < -0.3 is 9.64 Å². The molecule has 1 amide bonds. The Kier molecular flexibility index (Phi) is 8.36. The summed E-state index contributed by atoms with van der Waals surface area (Å²) in [7, 11) is 0. The Bertz CT molecular complexity index is 941. The summed E-state index contributed by atoms with van der Waals surface area (Å²) in [6, 6.07) is 5.53. The molecule has 1 aromatic carbocycles. The van der Waals surface area contributed by atoms with E-state index in [0.717, 1.165) is 36.8 Å². The van der Waals surface area contributed by atoms with Gasteiger partial charge in [0.2, 0.25) is 5.91 Å². The van der Waals surface area contributed by atoms with E-state index in [4.69, 9.17) is 9.72 Å². The van der Waals surface area contributed by atoms with Crippen LogP contribution in [0.25, 0.3) is 10.9 Å². The average molecular weight is 496 g/mol. The Labute approximate surface area is 190 Å². The smallest absolute Gasteiger partial charge is 0.262 e. The number of hydrogen-bond acceptors (Lipinski definition) is 5. The molecule has 1 unspecified atom stereocenters. The third-order valence-electron chi connectivity index (χ3n) is 5.48. The van der Waals surface area contributed by atoms with Crippen molar-refractivity contribution < 1.29 is 9.53 Å². The third kappa shape index (κ3) is 5.65. The molecule has 0 aliphatic carbocycles. The molecule has 0 radical (unpaired) electrons. The van der Waals surface area contributed by atoms with Gasteiger partial charge in [-0.15, -0.1) is 0 Å². The molecule has 2 aromatic rings. The molecule has 30 heavy (non-hydrogen) atoms. The minimum Gasteiger partial charge on any atom is -0.382 e. The SMILES string of the molecule is CCOCCCn1c(SC(C)C(=O)N2CCC(C)CC2)nc2ccc(Br)cc2c1=O. The van der Waals surface area contributed by atoms with E-state index in [0.29, 0.717) is 41.7 Å². The second-order valence-electron chi connectivity index (χ2n) is 7.83. The van der Waals surface area contributed by atoms with Crippen LogP contribution in [0.4, 0.5) is 0 Å². The van der Waals surface area contributed by atoms with E-state index in [1.54, 1.807) is 4.57 Å². The number of benzene rings is 1. The number of piperidine rings is 1. The molecule has 6 nitrogen and oxygen atoms in total. The van der Waals surface area contributed by atoms with Crippen molar-refractivity contribution in [2.45, 2.75) is 57.0 Å². The first-order valence-corrected chi connectivity index (χ1v) is 12.3. The number of thioether (sulfide) groups is 1. The van der Waals surface area contributed by atoms with E-state index in [2.05, 4.69) is 22.9 Å². The van der Waals surface area contributed by atoms with Gasteiger partial charge in [0, 0.05) is 37.3 Å². The van der Waals surface area contributed by atoms with Crippen LogP contribution in [0.3, 0.4) is 0 Å². The van der Waals surface area contributed by atoms with Crippen LogP contribution in [0, 0.1) is 5.92 Å². The molecule has 164 valence electrons. The first kappa shape index (κ1) is 23.3. The number of amides is 1. The van der Waals surface area contributed by atoms with Gasteiger partial charge >= 0.3 is 0 Å². The summed E-state index contributed by atoms with van der Waals surface area (Å²) in [6.45, 7) is 9.47. The summed E-state index contributed by atoms with van der Waals surface area (Å²) in [5, 5.41) is 0.878. The third-order valence-corrected chi connectivity index (χ3v) is 7.05. The molecule has 1 aliphatic rings. The van der Waals surface area contributed by atoms with E-state index in [9.17, 15) is 9.59 Å². The number of halogens is 1. The lowest BCUT2D eigenvalue weighted by Gasteiger charge is -2.32. The van der Waals surface area contributed by atoms with Crippen molar-refractivity contribution in [3.63, 3.8) is 0 Å². The highest BCUT2D eigenvalue weighted by Crippen LogP contribution is 2.26. The predicted molar refractivity (Wildman–Crippen MR) is 125 cm³/mol. The van der Waals surface area contributed by atoms with Crippen LogP contribution in [-0.4, -0.2) is 51.9 Å². The van der Waals surface area contributed by atoms with Gasteiger partial charge in [-0.05, 0) is 57.2 Å². The molecule has 0 N–H and O–H groups in total. The maximum absolute atomic E-state index is 13.2. The lowest BCUT2D eigenvalue weighted by atomic mass is 9.99. The van der Waals surface area contributed by atoms with Crippen LogP contribution in [0.2, 0.25) is 0 Å². The summed E-state index contributed by atoms with van der Waals surface area (Å²) in [5.74, 6) is 0.798. The first-order valence-electron chi connectivity index (χ1n) is 10.6. The molecule has 3 rings (SSSR count). The molecular formula is C22H30BrN3O3S. The summed E-state index contributed by atoms with van der Waals surface area (Å²) in [4.78, 5) is 32.9. The molecular weight excluding hydrogens is 466 g/mol. The quantitative estimate of drug-likeness (QED) is 0.309. The highest BCUT2D eigenvalue weighted by Gasteiger charge is 2.26. The van der Waals surface area contributed by atoms with Gasteiger partial charge in [-0.2, -0.15) is 0 Å². The number of carbonyl (C=O) groups excluding carboxylic acids is 1. The summed E-state index contributed by atoms with van der Waals surface area (Å²) >= 11 is 4.82. The lowest BCUT2D eigenvalue weighted by Crippen LogP contribution is -2.42. The van der Waals surface area contributed by atoms with Crippen molar-refractivity contribution >= 4 is 44.5 Å². The standard InChI is InChI=1S/C22H30BrN3O3S/c1-4-29-13-5-10-26-21(28)18-14-17(23)6-7-19(18)24-22(26)30-16(3)20(27)25-11-8-15(2)9-12-25/h6-7,14-16H,4-5,8-13H2,1-3H3. The molecule has 1 fully saturated rings. The monoisotopic (exact) mass is 495 g/mol. The predicted octanol–water partition coefficient (Wildman–Crippen LogP) is 4.32. The second kappa shape index (κ2) is 10.8. The lowest BCUT2D eigenvalue weighted by molar-refractivity contribution is -0.131. The van der Waals surface area contributed by atoms with E-state index in [1.807, 2.05) is 36.9 Å². The maximum Gasteiger partial charge on any atom is 0.262 e. The topological polar surface area (TPSA) is 64.4 Å². The Hall–Kier alpha value is -1.38.